The van der Waals surface area contributed by atoms with Crippen molar-refractivity contribution in [3.05, 3.63) is 69.8 Å². The third kappa shape index (κ3) is 2.96. The lowest BCUT2D eigenvalue weighted by molar-refractivity contribution is -0.384. The van der Waals surface area contributed by atoms with Gasteiger partial charge in [0.05, 0.1) is 4.92 Å². The van der Waals surface area contributed by atoms with E-state index in [0.29, 0.717) is 0 Å². The number of nitrogens with one attached hydrogen (secondary N) is 1. The summed E-state index contributed by atoms with van der Waals surface area (Å²) < 4.78 is 0. The monoisotopic (exact) mass is 268 g/mol. The van der Waals surface area contributed by atoms with Crippen LogP contribution in [0.25, 0.3) is 0 Å². The highest BCUT2D eigenvalue weighted by molar-refractivity contribution is 5.49. The number of nitro benzene ring substituents is 1. The standard InChI is InChI=1S/C16H16N2O2/c19-18(20)16-8-6-15(7-9-16)17-11-12-2-1-3-14(10-12)13-4-5-13/h1-3,6-10,13,17H,4-5,11H2. The summed E-state index contributed by atoms with van der Waals surface area (Å²) in [4.78, 5) is 10.2. The first-order valence-corrected chi connectivity index (χ1v) is 6.79. The van der Waals surface area contributed by atoms with Gasteiger partial charge in [-0.25, -0.2) is 0 Å². The fourth-order valence-electron chi connectivity index (χ4n) is 2.28. The second kappa shape index (κ2) is 5.33. The number of hydrogen-bond acceptors (Lipinski definition) is 3. The third-order valence-electron chi connectivity index (χ3n) is 3.57. The smallest absolute Gasteiger partial charge is 0.269 e. The van der Waals surface area contributed by atoms with Crippen molar-refractivity contribution in [2.45, 2.75) is 25.3 Å². The van der Waals surface area contributed by atoms with E-state index in [4.69, 9.17) is 0 Å². The normalized spacial score (nSPS) is 14.0. The molecule has 4 nitrogen and oxygen atoms in total. The summed E-state index contributed by atoms with van der Waals surface area (Å²) in [6.07, 6.45) is 2.61. The third-order valence-corrected chi connectivity index (χ3v) is 3.57. The van der Waals surface area contributed by atoms with Gasteiger partial charge in [0.1, 0.15) is 0 Å². The Balaban J connectivity index is 1.63. The molecule has 2 aromatic rings. The molecule has 0 atom stereocenters. The van der Waals surface area contributed by atoms with Crippen LogP contribution in [0.5, 0.6) is 0 Å². The molecule has 0 saturated heterocycles. The van der Waals surface area contributed by atoms with Gasteiger partial charge in [-0.05, 0) is 42.0 Å². The van der Waals surface area contributed by atoms with Crippen molar-refractivity contribution in [2.75, 3.05) is 5.32 Å². The van der Waals surface area contributed by atoms with E-state index in [-0.39, 0.29) is 10.6 Å². The molecule has 3 rings (SSSR count). The van der Waals surface area contributed by atoms with E-state index in [2.05, 4.69) is 29.6 Å². The van der Waals surface area contributed by atoms with Crippen molar-refractivity contribution in [1.82, 2.24) is 0 Å². The topological polar surface area (TPSA) is 55.2 Å². The molecule has 0 unspecified atom stereocenters. The quantitative estimate of drug-likeness (QED) is 0.656. The Labute approximate surface area is 117 Å². The summed E-state index contributed by atoms with van der Waals surface area (Å²) in [5.41, 5.74) is 3.68. The molecular formula is C16H16N2O2. The van der Waals surface area contributed by atoms with E-state index in [1.54, 1.807) is 12.1 Å². The first kappa shape index (κ1) is 12.7. The van der Waals surface area contributed by atoms with E-state index >= 15 is 0 Å². The van der Waals surface area contributed by atoms with Gasteiger partial charge in [-0.3, -0.25) is 10.1 Å². The zero-order chi connectivity index (χ0) is 13.9. The van der Waals surface area contributed by atoms with Gasteiger partial charge >= 0.3 is 0 Å². The van der Waals surface area contributed by atoms with Crippen molar-refractivity contribution >= 4 is 11.4 Å². The second-order valence-corrected chi connectivity index (χ2v) is 5.18. The number of nitro groups is 1. The fourth-order valence-corrected chi connectivity index (χ4v) is 2.28. The molecule has 1 saturated carbocycles. The van der Waals surface area contributed by atoms with Gasteiger partial charge in [0, 0.05) is 24.4 Å². The Kier molecular flexibility index (Phi) is 3.37. The lowest BCUT2D eigenvalue weighted by atomic mass is 10.1. The van der Waals surface area contributed by atoms with Gasteiger partial charge in [-0.15, -0.1) is 0 Å². The van der Waals surface area contributed by atoms with E-state index in [1.165, 1.54) is 36.1 Å². The SMILES string of the molecule is O=[N+]([O-])c1ccc(NCc2cccc(C3CC3)c2)cc1. The number of nitrogens with zero attached hydrogens (tertiary/aromatic N) is 1. The van der Waals surface area contributed by atoms with Gasteiger partial charge < -0.3 is 5.32 Å². The minimum atomic E-state index is -0.386. The van der Waals surface area contributed by atoms with Crippen LogP contribution >= 0.6 is 0 Å². The van der Waals surface area contributed by atoms with Crippen LogP contribution in [0.2, 0.25) is 0 Å². The number of benzene rings is 2. The Morgan fingerprint density at radius 1 is 1.15 bits per heavy atom. The van der Waals surface area contributed by atoms with Crippen LogP contribution in [0.4, 0.5) is 11.4 Å². The molecule has 0 bridgehead atoms. The van der Waals surface area contributed by atoms with Gasteiger partial charge in [-0.1, -0.05) is 24.3 Å². The predicted molar refractivity (Wildman–Crippen MR) is 78.8 cm³/mol. The Morgan fingerprint density at radius 2 is 1.90 bits per heavy atom. The van der Waals surface area contributed by atoms with E-state index in [9.17, 15) is 10.1 Å². The van der Waals surface area contributed by atoms with E-state index in [0.717, 1.165) is 18.2 Å². The molecule has 0 spiro atoms. The first-order chi connectivity index (χ1) is 9.72. The molecule has 1 fully saturated rings. The van der Waals surface area contributed by atoms with Gasteiger partial charge in [0.25, 0.3) is 5.69 Å². The summed E-state index contributed by atoms with van der Waals surface area (Å²) in [7, 11) is 0. The molecule has 2 aromatic carbocycles. The molecule has 0 aliphatic heterocycles. The van der Waals surface area contributed by atoms with Crippen LogP contribution in [0, 0.1) is 10.1 Å². The highest BCUT2D eigenvalue weighted by Crippen LogP contribution is 2.40. The molecule has 102 valence electrons. The largest absolute Gasteiger partial charge is 0.381 e. The molecule has 1 N–H and O–H groups in total. The van der Waals surface area contributed by atoms with Crippen LogP contribution in [0.3, 0.4) is 0 Å². The minimum absolute atomic E-state index is 0.117. The van der Waals surface area contributed by atoms with Gasteiger partial charge in [0.2, 0.25) is 0 Å². The van der Waals surface area contributed by atoms with Gasteiger partial charge in [-0.2, -0.15) is 0 Å². The Bertz CT molecular complexity index is 619. The first-order valence-electron chi connectivity index (χ1n) is 6.79. The van der Waals surface area contributed by atoms with E-state index < -0.39 is 0 Å². The number of rotatable bonds is 5. The van der Waals surface area contributed by atoms with Crippen LogP contribution < -0.4 is 5.32 Å². The minimum Gasteiger partial charge on any atom is -0.381 e. The number of anilines is 1. The van der Waals surface area contributed by atoms with E-state index in [1.807, 2.05) is 0 Å². The summed E-state index contributed by atoms with van der Waals surface area (Å²) in [6.45, 7) is 0.734. The molecule has 0 heterocycles. The Hall–Kier alpha value is -2.36. The number of non-ortho nitro benzene ring substituents is 1. The highest BCUT2D eigenvalue weighted by atomic mass is 16.6. The molecule has 0 radical (unpaired) electrons. The zero-order valence-corrected chi connectivity index (χ0v) is 11.1. The predicted octanol–water partition coefficient (Wildman–Crippen LogP) is 4.08. The molecular weight excluding hydrogens is 252 g/mol. The average molecular weight is 268 g/mol. The van der Waals surface area contributed by atoms with Crippen molar-refractivity contribution in [3.63, 3.8) is 0 Å². The van der Waals surface area contributed by atoms with Crippen LogP contribution in [-0.2, 0) is 6.54 Å². The molecule has 1 aliphatic carbocycles. The molecule has 20 heavy (non-hydrogen) atoms. The van der Waals surface area contributed by atoms with Crippen LogP contribution in [0.1, 0.15) is 29.9 Å². The summed E-state index contributed by atoms with van der Waals surface area (Å²) >= 11 is 0. The lowest BCUT2D eigenvalue weighted by Gasteiger charge is -2.08. The van der Waals surface area contributed by atoms with Crippen LogP contribution in [-0.4, -0.2) is 4.92 Å². The summed E-state index contributed by atoms with van der Waals surface area (Å²) in [6, 6.07) is 15.1. The maximum absolute atomic E-state index is 10.6. The average Bonchev–Trinajstić information content (AvgIpc) is 3.30. The fraction of sp³-hybridized carbons (Fsp3) is 0.250. The van der Waals surface area contributed by atoms with Crippen molar-refractivity contribution in [2.24, 2.45) is 0 Å². The molecule has 1 aliphatic rings. The maximum atomic E-state index is 10.6. The highest BCUT2D eigenvalue weighted by Gasteiger charge is 2.23. The zero-order valence-electron chi connectivity index (χ0n) is 11.1. The van der Waals surface area contributed by atoms with Gasteiger partial charge in [0.15, 0.2) is 0 Å². The summed E-state index contributed by atoms with van der Waals surface area (Å²) in [5, 5.41) is 13.9. The number of hydrogen-bond donors (Lipinski definition) is 1. The van der Waals surface area contributed by atoms with Crippen molar-refractivity contribution in [3.8, 4) is 0 Å². The lowest BCUT2D eigenvalue weighted by Crippen LogP contribution is -2.00. The summed E-state index contributed by atoms with van der Waals surface area (Å²) in [5.74, 6) is 0.759. The second-order valence-electron chi connectivity index (χ2n) is 5.18. The Morgan fingerprint density at radius 3 is 2.55 bits per heavy atom. The maximum Gasteiger partial charge on any atom is 0.269 e. The molecule has 4 heteroatoms. The molecule has 0 amide bonds. The van der Waals surface area contributed by atoms with Crippen molar-refractivity contribution < 1.29 is 4.92 Å². The van der Waals surface area contributed by atoms with Crippen LogP contribution in [0.15, 0.2) is 48.5 Å². The van der Waals surface area contributed by atoms with Crippen molar-refractivity contribution in [1.29, 1.82) is 0 Å². The molecule has 0 aromatic heterocycles.